The molecule has 0 spiro atoms. The third-order valence-electron chi connectivity index (χ3n) is 4.34. The van der Waals surface area contributed by atoms with Gasteiger partial charge in [-0.05, 0) is 48.0 Å². The van der Waals surface area contributed by atoms with Crippen LogP contribution in [0.2, 0.25) is 10.0 Å². The third kappa shape index (κ3) is 4.33. The smallest absolute Gasteiger partial charge is 0.438 e. The summed E-state index contributed by atoms with van der Waals surface area (Å²) in [6.45, 7) is -0.834. The van der Waals surface area contributed by atoms with Crippen LogP contribution in [0.1, 0.15) is 12.0 Å². The lowest BCUT2D eigenvalue weighted by molar-refractivity contribution is -0.302. The van der Waals surface area contributed by atoms with E-state index in [1.54, 1.807) is 0 Å². The van der Waals surface area contributed by atoms with E-state index in [4.69, 9.17) is 32.7 Å². The Kier molecular flexibility index (Phi) is 6.16. The number of methoxy groups -OCH3 is 1. The minimum absolute atomic E-state index is 0.00358. The van der Waals surface area contributed by atoms with Crippen molar-refractivity contribution in [3.63, 3.8) is 0 Å². The summed E-state index contributed by atoms with van der Waals surface area (Å²) in [7, 11) is 1.44. The molecule has 0 aromatic heterocycles. The highest BCUT2D eigenvalue weighted by molar-refractivity contribution is 6.35. The number of halogens is 5. The van der Waals surface area contributed by atoms with Crippen LogP contribution in [0.3, 0.4) is 0 Å². The quantitative estimate of drug-likeness (QED) is 0.720. The van der Waals surface area contributed by atoms with Gasteiger partial charge in [0.15, 0.2) is 6.61 Å². The summed E-state index contributed by atoms with van der Waals surface area (Å²) in [5, 5.41) is 14.4. The molecule has 1 atom stereocenters. The molecule has 1 aliphatic rings. The topological polar surface area (TPSA) is 71.4 Å². The number of amides is 1. The minimum Gasteiger partial charge on any atom is -0.497 e. The van der Waals surface area contributed by atoms with Gasteiger partial charge in [0.1, 0.15) is 11.5 Å². The Morgan fingerprint density at radius 3 is 2.47 bits per heavy atom. The van der Waals surface area contributed by atoms with E-state index in [0.717, 1.165) is 0 Å². The minimum atomic E-state index is -5.15. The van der Waals surface area contributed by atoms with E-state index in [1.165, 1.54) is 49.6 Å². The number of hydrogen-bond acceptors (Lipinski definition) is 5. The first-order valence-corrected chi connectivity index (χ1v) is 9.22. The summed E-state index contributed by atoms with van der Waals surface area (Å²) in [5.74, 6) is -0.669. The maximum Gasteiger partial charge on any atom is 0.438 e. The number of carbonyl (C=O) groups excluding carboxylic acids is 1. The first kappa shape index (κ1) is 22.2. The zero-order chi connectivity index (χ0) is 22.1. The van der Waals surface area contributed by atoms with Crippen LogP contribution in [0.5, 0.6) is 11.5 Å². The second kappa shape index (κ2) is 8.33. The van der Waals surface area contributed by atoms with Crippen molar-refractivity contribution in [3.05, 3.63) is 58.1 Å². The van der Waals surface area contributed by atoms with Crippen LogP contribution in [0.25, 0.3) is 0 Å². The Hall–Kier alpha value is -2.49. The number of ether oxygens (including phenoxy) is 2. The summed E-state index contributed by atoms with van der Waals surface area (Å²) in [4.78, 5) is 12.5. The predicted octanol–water partition coefficient (Wildman–Crippen LogP) is 4.27. The zero-order valence-electron chi connectivity index (χ0n) is 15.4. The van der Waals surface area contributed by atoms with Crippen LogP contribution in [0, 0.1) is 0 Å². The van der Waals surface area contributed by atoms with Gasteiger partial charge in [-0.1, -0.05) is 23.2 Å². The van der Waals surface area contributed by atoms with Gasteiger partial charge >= 0.3 is 6.18 Å². The maximum absolute atomic E-state index is 13.6. The first-order valence-electron chi connectivity index (χ1n) is 8.47. The Labute approximate surface area is 179 Å². The van der Waals surface area contributed by atoms with Crippen molar-refractivity contribution in [1.82, 2.24) is 5.01 Å². The van der Waals surface area contributed by atoms with Crippen LogP contribution < -0.4 is 9.47 Å². The highest BCUT2D eigenvalue weighted by Gasteiger charge is 2.63. The van der Waals surface area contributed by atoms with E-state index in [2.05, 4.69) is 5.10 Å². The summed E-state index contributed by atoms with van der Waals surface area (Å²) in [5.41, 5.74) is -3.32. The normalized spacial score (nSPS) is 18.9. The van der Waals surface area contributed by atoms with Crippen LogP contribution in [-0.4, -0.2) is 47.4 Å². The fourth-order valence-corrected chi connectivity index (χ4v) is 3.23. The number of benzene rings is 2. The lowest BCUT2D eigenvalue weighted by Gasteiger charge is -2.32. The van der Waals surface area contributed by atoms with Crippen molar-refractivity contribution in [2.24, 2.45) is 5.10 Å². The molecule has 11 heteroatoms. The second-order valence-electron chi connectivity index (χ2n) is 6.34. The van der Waals surface area contributed by atoms with Crippen molar-refractivity contribution >= 4 is 34.8 Å². The van der Waals surface area contributed by atoms with Crippen LogP contribution in [-0.2, 0) is 4.79 Å². The van der Waals surface area contributed by atoms with E-state index in [9.17, 15) is 23.1 Å². The van der Waals surface area contributed by atoms with Crippen molar-refractivity contribution in [2.75, 3.05) is 13.7 Å². The molecule has 160 valence electrons. The van der Waals surface area contributed by atoms with Gasteiger partial charge in [0.05, 0.1) is 24.3 Å². The molecule has 30 heavy (non-hydrogen) atoms. The summed E-state index contributed by atoms with van der Waals surface area (Å²) in [6.07, 6.45) is -6.09. The number of aliphatic hydroxyl groups is 1. The van der Waals surface area contributed by atoms with Crippen LogP contribution in [0.15, 0.2) is 47.6 Å². The van der Waals surface area contributed by atoms with Gasteiger partial charge < -0.3 is 14.6 Å². The first-order chi connectivity index (χ1) is 14.0. The maximum atomic E-state index is 13.6. The van der Waals surface area contributed by atoms with Gasteiger partial charge in [0.2, 0.25) is 0 Å². The SMILES string of the molecule is COc1ccc(C2=NN(C(=O)COc3ccc(Cl)cc3Cl)[C@](O)(C(F)(F)F)C2)cc1. The van der Waals surface area contributed by atoms with Crippen LogP contribution in [0.4, 0.5) is 13.2 Å². The van der Waals surface area contributed by atoms with Gasteiger partial charge in [0.25, 0.3) is 11.6 Å². The summed E-state index contributed by atoms with van der Waals surface area (Å²) in [6, 6.07) is 10.2. The van der Waals surface area contributed by atoms with Crippen molar-refractivity contribution < 1.29 is 32.5 Å². The molecule has 1 aliphatic heterocycles. The van der Waals surface area contributed by atoms with E-state index >= 15 is 0 Å². The Morgan fingerprint density at radius 1 is 1.23 bits per heavy atom. The monoisotopic (exact) mass is 462 g/mol. The number of hydrogen-bond donors (Lipinski definition) is 1. The summed E-state index contributed by atoms with van der Waals surface area (Å²) >= 11 is 11.7. The number of rotatable bonds is 5. The molecule has 3 rings (SSSR count). The van der Waals surface area contributed by atoms with Gasteiger partial charge in [0, 0.05) is 5.02 Å². The standard InChI is InChI=1S/C19H15Cl2F3N2O4/c1-29-13-5-2-11(3-6-13)15-9-18(28,19(22,23)24)26(25-15)17(27)10-30-16-7-4-12(20)8-14(16)21/h2-8,28H,9-10H2,1H3/t18-/m1/s1. The highest BCUT2D eigenvalue weighted by Crippen LogP contribution is 2.41. The Bertz CT molecular complexity index is 983. The predicted molar refractivity (Wildman–Crippen MR) is 104 cm³/mol. The molecule has 6 nitrogen and oxygen atoms in total. The molecule has 0 bridgehead atoms. The lowest BCUT2D eigenvalue weighted by atomic mass is 10.0. The largest absolute Gasteiger partial charge is 0.497 e. The van der Waals surface area contributed by atoms with Crippen LogP contribution >= 0.6 is 23.2 Å². The third-order valence-corrected chi connectivity index (χ3v) is 4.87. The summed E-state index contributed by atoms with van der Waals surface area (Å²) < 4.78 is 51.1. The zero-order valence-corrected chi connectivity index (χ0v) is 16.9. The molecular weight excluding hydrogens is 448 g/mol. The number of hydrazone groups is 1. The van der Waals surface area contributed by atoms with E-state index in [0.29, 0.717) is 16.3 Å². The Balaban J connectivity index is 1.85. The molecule has 2 aromatic carbocycles. The molecule has 0 fully saturated rings. The van der Waals surface area contributed by atoms with Gasteiger partial charge in [-0.25, -0.2) is 0 Å². The van der Waals surface area contributed by atoms with Crippen molar-refractivity contribution in [2.45, 2.75) is 18.3 Å². The van der Waals surface area contributed by atoms with Gasteiger partial charge in [-0.2, -0.15) is 23.3 Å². The van der Waals surface area contributed by atoms with Gasteiger partial charge in [-0.15, -0.1) is 0 Å². The second-order valence-corrected chi connectivity index (χ2v) is 7.18. The lowest BCUT2D eigenvalue weighted by Crippen LogP contribution is -2.57. The molecule has 1 heterocycles. The highest BCUT2D eigenvalue weighted by atomic mass is 35.5. The molecule has 0 aliphatic carbocycles. The van der Waals surface area contributed by atoms with Crippen molar-refractivity contribution in [3.8, 4) is 11.5 Å². The molecule has 2 aromatic rings. The molecule has 0 radical (unpaired) electrons. The van der Waals surface area contributed by atoms with Gasteiger partial charge in [-0.3, -0.25) is 4.79 Å². The molecule has 0 saturated carbocycles. The molecular formula is C19H15Cl2F3N2O4. The average molecular weight is 463 g/mol. The van der Waals surface area contributed by atoms with Crippen molar-refractivity contribution in [1.29, 1.82) is 0 Å². The molecule has 1 amide bonds. The fourth-order valence-electron chi connectivity index (χ4n) is 2.77. The van der Waals surface area contributed by atoms with E-state index < -0.39 is 30.8 Å². The average Bonchev–Trinajstić information content (AvgIpc) is 3.06. The number of nitrogens with zero attached hydrogens (tertiary/aromatic N) is 2. The Morgan fingerprint density at radius 2 is 1.90 bits per heavy atom. The number of carbonyl (C=O) groups is 1. The van der Waals surface area contributed by atoms with E-state index in [-0.39, 0.29) is 21.5 Å². The van der Waals surface area contributed by atoms with E-state index in [1.807, 2.05) is 0 Å². The number of alkyl halides is 3. The fraction of sp³-hybridized carbons (Fsp3) is 0.263. The molecule has 0 saturated heterocycles. The molecule has 0 unspecified atom stereocenters. The molecule has 1 N–H and O–H groups in total.